The normalized spacial score (nSPS) is 10.5. The van der Waals surface area contributed by atoms with Crippen LogP contribution in [0.25, 0.3) is 0 Å². The second kappa shape index (κ2) is 9.48. The van der Waals surface area contributed by atoms with Gasteiger partial charge in [0.2, 0.25) is 11.8 Å². The first-order chi connectivity index (χ1) is 9.33. The highest BCUT2D eigenvalue weighted by molar-refractivity contribution is 5.34. The van der Waals surface area contributed by atoms with Crippen LogP contribution in [0.4, 0.5) is 0 Å². The van der Waals surface area contributed by atoms with Crippen molar-refractivity contribution in [3.05, 3.63) is 11.9 Å². The molecule has 1 aromatic heterocycles. The van der Waals surface area contributed by atoms with Crippen LogP contribution in [0.2, 0.25) is 0 Å². The van der Waals surface area contributed by atoms with Crippen LogP contribution < -0.4 is 14.8 Å². The molecule has 0 saturated carbocycles. The minimum Gasteiger partial charge on any atom is -0.481 e. The van der Waals surface area contributed by atoms with Gasteiger partial charge in [-0.3, -0.25) is 0 Å². The highest BCUT2D eigenvalue weighted by Crippen LogP contribution is 2.22. The summed E-state index contributed by atoms with van der Waals surface area (Å²) in [5.74, 6) is 1.02. The van der Waals surface area contributed by atoms with Gasteiger partial charge in [0, 0.05) is 13.2 Å². The number of methoxy groups -OCH3 is 2. The molecule has 0 aliphatic rings. The van der Waals surface area contributed by atoms with Crippen LogP contribution in [0.3, 0.4) is 0 Å². The minimum absolute atomic E-state index is 0.0587. The fraction of sp³-hybridized carbons (Fsp3) is 0.667. The molecule has 0 radical (unpaired) electrons. The monoisotopic (exact) mass is 271 g/mol. The zero-order valence-corrected chi connectivity index (χ0v) is 11.4. The maximum absolute atomic E-state index is 8.55. The Morgan fingerprint density at radius 1 is 1.16 bits per heavy atom. The van der Waals surface area contributed by atoms with E-state index in [1.54, 1.807) is 14.2 Å². The van der Waals surface area contributed by atoms with Gasteiger partial charge in [-0.2, -0.15) is 0 Å². The van der Waals surface area contributed by atoms with Crippen LogP contribution in [0.1, 0.15) is 12.0 Å². The lowest BCUT2D eigenvalue weighted by atomic mass is 10.3. The second-order valence-corrected chi connectivity index (χ2v) is 3.74. The smallest absolute Gasteiger partial charge is 0.224 e. The molecule has 0 atom stereocenters. The van der Waals surface area contributed by atoms with Crippen LogP contribution in [0.15, 0.2) is 6.33 Å². The van der Waals surface area contributed by atoms with Crippen molar-refractivity contribution in [2.45, 2.75) is 13.0 Å². The van der Waals surface area contributed by atoms with E-state index in [2.05, 4.69) is 15.3 Å². The Balaban J connectivity index is 2.35. The maximum Gasteiger partial charge on any atom is 0.224 e. The number of hydrogen-bond donors (Lipinski definition) is 2. The number of aliphatic hydroxyl groups is 1. The molecule has 0 amide bonds. The number of ether oxygens (including phenoxy) is 3. The van der Waals surface area contributed by atoms with Gasteiger partial charge >= 0.3 is 0 Å². The van der Waals surface area contributed by atoms with Gasteiger partial charge in [0.05, 0.1) is 33.0 Å². The predicted octanol–water partition coefficient (Wildman–Crippen LogP) is -0.0176. The van der Waals surface area contributed by atoms with E-state index >= 15 is 0 Å². The molecule has 108 valence electrons. The van der Waals surface area contributed by atoms with E-state index in [1.165, 1.54) is 6.33 Å². The number of nitrogens with zero attached hydrogens (tertiary/aromatic N) is 2. The first kappa shape index (κ1) is 15.6. The third-order valence-corrected chi connectivity index (χ3v) is 2.43. The molecular weight excluding hydrogens is 250 g/mol. The molecule has 1 aromatic rings. The van der Waals surface area contributed by atoms with Crippen LogP contribution >= 0.6 is 0 Å². The van der Waals surface area contributed by atoms with Crippen LogP contribution in [0.5, 0.6) is 11.8 Å². The summed E-state index contributed by atoms with van der Waals surface area (Å²) in [6.45, 7) is 2.41. The summed E-state index contributed by atoms with van der Waals surface area (Å²) in [6, 6.07) is 0. The average Bonchev–Trinajstić information content (AvgIpc) is 2.46. The van der Waals surface area contributed by atoms with Crippen LogP contribution in [-0.2, 0) is 11.3 Å². The van der Waals surface area contributed by atoms with Gasteiger partial charge in [0.1, 0.15) is 6.33 Å². The summed E-state index contributed by atoms with van der Waals surface area (Å²) in [5, 5.41) is 11.8. The Morgan fingerprint density at radius 3 is 2.42 bits per heavy atom. The van der Waals surface area contributed by atoms with Crippen molar-refractivity contribution in [3.63, 3.8) is 0 Å². The molecule has 0 unspecified atom stereocenters. The highest BCUT2D eigenvalue weighted by atomic mass is 16.5. The minimum atomic E-state index is 0.0587. The first-order valence-corrected chi connectivity index (χ1v) is 6.14. The average molecular weight is 271 g/mol. The van der Waals surface area contributed by atoms with Crippen molar-refractivity contribution in [1.29, 1.82) is 0 Å². The SMILES string of the molecule is COc1ncnc(OC)c1CNCCCOCCO. The fourth-order valence-corrected chi connectivity index (χ4v) is 1.56. The molecule has 0 saturated heterocycles. The lowest BCUT2D eigenvalue weighted by Gasteiger charge is -2.11. The number of hydrogen-bond acceptors (Lipinski definition) is 7. The first-order valence-electron chi connectivity index (χ1n) is 6.14. The molecule has 0 aromatic carbocycles. The summed E-state index contributed by atoms with van der Waals surface area (Å²) in [5.41, 5.74) is 0.795. The predicted molar refractivity (Wildman–Crippen MR) is 69.4 cm³/mol. The molecule has 19 heavy (non-hydrogen) atoms. The van der Waals surface area contributed by atoms with Crippen LogP contribution in [0, 0.1) is 0 Å². The molecular formula is C12H21N3O4. The van der Waals surface area contributed by atoms with Crippen molar-refractivity contribution in [3.8, 4) is 11.8 Å². The van der Waals surface area contributed by atoms with E-state index in [4.69, 9.17) is 19.3 Å². The zero-order valence-electron chi connectivity index (χ0n) is 11.4. The van der Waals surface area contributed by atoms with Crippen LogP contribution in [-0.4, -0.2) is 55.7 Å². The van der Waals surface area contributed by atoms with E-state index in [-0.39, 0.29) is 6.61 Å². The summed E-state index contributed by atoms with van der Waals surface area (Å²) in [6.07, 6.45) is 2.27. The quantitative estimate of drug-likeness (QED) is 0.578. The van der Waals surface area contributed by atoms with E-state index in [1.807, 2.05) is 0 Å². The zero-order chi connectivity index (χ0) is 13.9. The molecule has 0 bridgehead atoms. The van der Waals surface area contributed by atoms with E-state index < -0.39 is 0 Å². The van der Waals surface area contributed by atoms with Crippen molar-refractivity contribution in [1.82, 2.24) is 15.3 Å². The fourth-order valence-electron chi connectivity index (χ4n) is 1.56. The number of aliphatic hydroxyl groups excluding tert-OH is 1. The molecule has 0 aliphatic heterocycles. The van der Waals surface area contributed by atoms with Crippen molar-refractivity contribution < 1.29 is 19.3 Å². The topological polar surface area (TPSA) is 85.7 Å². The molecule has 0 fully saturated rings. The molecule has 2 N–H and O–H groups in total. The largest absolute Gasteiger partial charge is 0.481 e. The Bertz CT molecular complexity index is 341. The highest BCUT2D eigenvalue weighted by Gasteiger charge is 2.11. The third-order valence-electron chi connectivity index (χ3n) is 2.43. The van der Waals surface area contributed by atoms with Gasteiger partial charge in [-0.25, -0.2) is 9.97 Å². The standard InChI is InChI=1S/C12H21N3O4/c1-17-11-10(12(18-2)15-9-14-11)8-13-4-3-6-19-7-5-16/h9,13,16H,3-8H2,1-2H3. The van der Waals surface area contributed by atoms with E-state index in [0.29, 0.717) is 31.5 Å². The molecule has 7 nitrogen and oxygen atoms in total. The van der Waals surface area contributed by atoms with Gasteiger partial charge < -0.3 is 24.6 Å². The van der Waals surface area contributed by atoms with Crippen molar-refractivity contribution >= 4 is 0 Å². The van der Waals surface area contributed by atoms with Gasteiger partial charge in [-0.1, -0.05) is 0 Å². The summed E-state index contributed by atoms with van der Waals surface area (Å²) in [7, 11) is 3.13. The lowest BCUT2D eigenvalue weighted by Crippen LogP contribution is -2.18. The Kier molecular flexibility index (Phi) is 7.80. The molecule has 0 aliphatic carbocycles. The van der Waals surface area contributed by atoms with Gasteiger partial charge in [-0.15, -0.1) is 0 Å². The van der Waals surface area contributed by atoms with E-state index in [0.717, 1.165) is 18.5 Å². The molecule has 1 rings (SSSR count). The van der Waals surface area contributed by atoms with E-state index in [9.17, 15) is 0 Å². The third kappa shape index (κ3) is 5.37. The number of nitrogens with one attached hydrogen (secondary N) is 1. The van der Waals surface area contributed by atoms with Gasteiger partial charge in [0.25, 0.3) is 0 Å². The molecule has 0 spiro atoms. The molecule has 7 heteroatoms. The van der Waals surface area contributed by atoms with Crippen molar-refractivity contribution in [2.24, 2.45) is 0 Å². The Morgan fingerprint density at radius 2 is 1.84 bits per heavy atom. The number of rotatable bonds is 10. The van der Waals surface area contributed by atoms with Gasteiger partial charge in [0.15, 0.2) is 0 Å². The summed E-state index contributed by atoms with van der Waals surface area (Å²) >= 11 is 0. The lowest BCUT2D eigenvalue weighted by molar-refractivity contribution is 0.0907. The summed E-state index contributed by atoms with van der Waals surface area (Å²) in [4.78, 5) is 8.08. The van der Waals surface area contributed by atoms with Crippen molar-refractivity contribution in [2.75, 3.05) is 40.6 Å². The Hall–Kier alpha value is -1.44. The Labute approximate surface area is 112 Å². The summed E-state index contributed by atoms with van der Waals surface area (Å²) < 4.78 is 15.5. The second-order valence-electron chi connectivity index (χ2n) is 3.74. The number of aromatic nitrogens is 2. The molecule has 1 heterocycles. The van der Waals surface area contributed by atoms with Gasteiger partial charge in [-0.05, 0) is 13.0 Å². The maximum atomic E-state index is 8.55.